The van der Waals surface area contributed by atoms with Crippen molar-refractivity contribution in [2.75, 3.05) is 0 Å². The Bertz CT molecular complexity index is 534. The minimum absolute atomic E-state index is 0.307. The summed E-state index contributed by atoms with van der Waals surface area (Å²) in [6, 6.07) is 16.1. The Morgan fingerprint density at radius 3 is 2.16 bits per heavy atom. The third kappa shape index (κ3) is 3.82. The summed E-state index contributed by atoms with van der Waals surface area (Å²) in [5.74, 6) is 0.330. The van der Waals surface area contributed by atoms with Crippen LogP contribution in [0.1, 0.15) is 18.1 Å². The molecule has 0 radical (unpaired) electrons. The van der Waals surface area contributed by atoms with Gasteiger partial charge < -0.3 is 14.9 Å². The highest BCUT2D eigenvalue weighted by molar-refractivity contribution is 5.67. The van der Waals surface area contributed by atoms with Crippen LogP contribution in [-0.2, 0) is 4.79 Å². The van der Waals surface area contributed by atoms with E-state index in [4.69, 9.17) is 9.84 Å². The molecule has 2 N–H and O–H groups in total. The first-order chi connectivity index (χ1) is 9.15. The number of carbonyl (C=O) groups is 1. The lowest BCUT2D eigenvalue weighted by molar-refractivity contribution is -0.139. The number of carboxylic acids is 1. The number of ether oxygens (including phenoxy) is 1. The molecule has 4 nitrogen and oxygen atoms in total. The van der Waals surface area contributed by atoms with Gasteiger partial charge in [0, 0.05) is 0 Å². The number of para-hydroxylation sites is 1. The Labute approximate surface area is 110 Å². The van der Waals surface area contributed by atoms with E-state index < -0.39 is 12.1 Å². The summed E-state index contributed by atoms with van der Waals surface area (Å²) in [6.07, 6.45) is -1.30. The van der Waals surface area contributed by atoms with Gasteiger partial charge in [0.15, 0.2) is 0 Å². The maximum absolute atomic E-state index is 10.5. The Hall–Kier alpha value is -2.33. The molecule has 1 atom stereocenters. The van der Waals surface area contributed by atoms with E-state index in [1.54, 1.807) is 24.3 Å². The molecule has 4 heteroatoms. The average molecular weight is 258 g/mol. The second kappa shape index (κ2) is 6.02. The number of aliphatic hydroxyl groups excluding tert-OH is 1. The normalized spacial score (nSPS) is 11.8. The van der Waals surface area contributed by atoms with Crippen molar-refractivity contribution in [1.29, 1.82) is 0 Å². The molecule has 0 saturated heterocycles. The molecule has 0 bridgehead atoms. The van der Waals surface area contributed by atoms with E-state index in [0.29, 0.717) is 11.3 Å². The van der Waals surface area contributed by atoms with Gasteiger partial charge >= 0.3 is 5.97 Å². The zero-order chi connectivity index (χ0) is 13.7. The second-order valence-corrected chi connectivity index (χ2v) is 4.10. The van der Waals surface area contributed by atoms with Gasteiger partial charge in [-0.3, -0.25) is 4.79 Å². The van der Waals surface area contributed by atoms with Crippen molar-refractivity contribution in [2.24, 2.45) is 0 Å². The molecule has 2 rings (SSSR count). The van der Waals surface area contributed by atoms with E-state index in [2.05, 4.69) is 0 Å². The van der Waals surface area contributed by atoms with Crippen molar-refractivity contribution < 1.29 is 19.7 Å². The molecule has 0 saturated carbocycles. The Kier molecular flexibility index (Phi) is 4.15. The third-order valence-corrected chi connectivity index (χ3v) is 2.61. The van der Waals surface area contributed by atoms with Crippen molar-refractivity contribution in [2.45, 2.75) is 12.5 Å². The van der Waals surface area contributed by atoms with Gasteiger partial charge in [-0.2, -0.15) is 0 Å². The lowest BCUT2D eigenvalue weighted by Gasteiger charge is -2.10. The van der Waals surface area contributed by atoms with Crippen molar-refractivity contribution in [3.63, 3.8) is 0 Å². The van der Waals surface area contributed by atoms with Crippen LogP contribution in [0.25, 0.3) is 0 Å². The fourth-order valence-electron chi connectivity index (χ4n) is 1.67. The predicted octanol–water partition coefficient (Wildman–Crippen LogP) is 2.99. The molecule has 0 amide bonds. The molecule has 0 fully saturated rings. The minimum atomic E-state index is -1.03. The first-order valence-corrected chi connectivity index (χ1v) is 5.88. The fourth-order valence-corrected chi connectivity index (χ4v) is 1.67. The minimum Gasteiger partial charge on any atom is -0.481 e. The quantitative estimate of drug-likeness (QED) is 0.865. The van der Waals surface area contributed by atoms with Crippen LogP contribution in [0, 0.1) is 0 Å². The van der Waals surface area contributed by atoms with E-state index in [9.17, 15) is 9.90 Å². The largest absolute Gasteiger partial charge is 0.481 e. The zero-order valence-electron chi connectivity index (χ0n) is 10.2. The van der Waals surface area contributed by atoms with E-state index >= 15 is 0 Å². The average Bonchev–Trinajstić information content (AvgIpc) is 2.40. The molecule has 0 heterocycles. The van der Waals surface area contributed by atoms with Crippen molar-refractivity contribution in [1.82, 2.24) is 0 Å². The predicted molar refractivity (Wildman–Crippen MR) is 70.2 cm³/mol. The van der Waals surface area contributed by atoms with Crippen LogP contribution in [0.15, 0.2) is 54.6 Å². The molecule has 0 aliphatic rings. The zero-order valence-corrected chi connectivity index (χ0v) is 10.2. The van der Waals surface area contributed by atoms with Crippen LogP contribution in [0.5, 0.6) is 11.5 Å². The molecule has 2 aromatic rings. The number of aliphatic hydroxyl groups is 1. The molecule has 98 valence electrons. The first-order valence-electron chi connectivity index (χ1n) is 5.88. The standard InChI is InChI=1S/C15H14O4/c16-14(10-15(17)18)11-6-8-13(9-7-11)19-12-4-2-1-3-5-12/h1-9,14,16H,10H2,(H,17,18)/t14-/m0/s1. The lowest BCUT2D eigenvalue weighted by Crippen LogP contribution is -2.05. The van der Waals surface area contributed by atoms with Gasteiger partial charge in [0.2, 0.25) is 0 Å². The number of hydrogen-bond donors (Lipinski definition) is 2. The first kappa shape index (κ1) is 13.1. The summed E-state index contributed by atoms with van der Waals surface area (Å²) >= 11 is 0. The maximum atomic E-state index is 10.5. The summed E-state index contributed by atoms with van der Waals surface area (Å²) in [7, 11) is 0. The lowest BCUT2D eigenvalue weighted by atomic mass is 10.1. The molecular weight excluding hydrogens is 244 g/mol. The molecule has 2 aromatic carbocycles. The van der Waals surface area contributed by atoms with Crippen LogP contribution in [0.4, 0.5) is 0 Å². The molecular formula is C15H14O4. The van der Waals surface area contributed by atoms with Gasteiger partial charge in [-0.15, -0.1) is 0 Å². The number of aliphatic carboxylic acids is 1. The molecule has 19 heavy (non-hydrogen) atoms. The SMILES string of the molecule is O=C(O)C[C@H](O)c1ccc(Oc2ccccc2)cc1. The van der Waals surface area contributed by atoms with Crippen LogP contribution in [-0.4, -0.2) is 16.2 Å². The molecule has 0 unspecified atom stereocenters. The third-order valence-electron chi connectivity index (χ3n) is 2.61. The highest BCUT2D eigenvalue weighted by Crippen LogP contribution is 2.24. The monoisotopic (exact) mass is 258 g/mol. The van der Waals surface area contributed by atoms with Gasteiger partial charge in [0.25, 0.3) is 0 Å². The van der Waals surface area contributed by atoms with Crippen molar-refractivity contribution in [3.05, 3.63) is 60.2 Å². The summed E-state index contributed by atoms with van der Waals surface area (Å²) in [4.78, 5) is 10.5. The molecule has 0 aliphatic heterocycles. The van der Waals surface area contributed by atoms with Crippen LogP contribution >= 0.6 is 0 Å². The smallest absolute Gasteiger partial charge is 0.306 e. The van der Waals surface area contributed by atoms with Crippen LogP contribution < -0.4 is 4.74 Å². The van der Waals surface area contributed by atoms with Gasteiger partial charge in [0.05, 0.1) is 12.5 Å². The van der Waals surface area contributed by atoms with Gasteiger partial charge in [-0.25, -0.2) is 0 Å². The molecule has 0 spiro atoms. The number of hydrogen-bond acceptors (Lipinski definition) is 3. The summed E-state index contributed by atoms with van der Waals surface area (Å²) in [6.45, 7) is 0. The van der Waals surface area contributed by atoms with Gasteiger partial charge in [-0.1, -0.05) is 30.3 Å². The van der Waals surface area contributed by atoms with E-state index in [0.717, 1.165) is 5.75 Å². The van der Waals surface area contributed by atoms with Gasteiger partial charge in [-0.05, 0) is 29.8 Å². The Morgan fingerprint density at radius 1 is 1.00 bits per heavy atom. The second-order valence-electron chi connectivity index (χ2n) is 4.10. The fraction of sp³-hybridized carbons (Fsp3) is 0.133. The summed E-state index contributed by atoms with van der Waals surface area (Å²) in [5.41, 5.74) is 0.558. The summed E-state index contributed by atoms with van der Waals surface area (Å²) in [5, 5.41) is 18.3. The Morgan fingerprint density at radius 2 is 1.58 bits per heavy atom. The summed E-state index contributed by atoms with van der Waals surface area (Å²) < 4.78 is 5.60. The van der Waals surface area contributed by atoms with E-state index in [1.165, 1.54) is 0 Å². The highest BCUT2D eigenvalue weighted by Gasteiger charge is 2.11. The van der Waals surface area contributed by atoms with Crippen molar-refractivity contribution in [3.8, 4) is 11.5 Å². The van der Waals surface area contributed by atoms with Gasteiger partial charge in [0.1, 0.15) is 11.5 Å². The van der Waals surface area contributed by atoms with E-state index in [-0.39, 0.29) is 6.42 Å². The van der Waals surface area contributed by atoms with Crippen LogP contribution in [0.2, 0.25) is 0 Å². The topological polar surface area (TPSA) is 66.8 Å². The number of benzene rings is 2. The maximum Gasteiger partial charge on any atom is 0.306 e. The van der Waals surface area contributed by atoms with Crippen molar-refractivity contribution >= 4 is 5.97 Å². The number of rotatable bonds is 5. The Balaban J connectivity index is 2.04. The number of carboxylic acid groups (broad SMARTS) is 1. The van der Waals surface area contributed by atoms with Crippen LogP contribution in [0.3, 0.4) is 0 Å². The van der Waals surface area contributed by atoms with E-state index in [1.807, 2.05) is 30.3 Å². The highest BCUT2D eigenvalue weighted by atomic mass is 16.5. The molecule has 0 aromatic heterocycles. The molecule has 0 aliphatic carbocycles.